The van der Waals surface area contributed by atoms with Gasteiger partial charge in [0.15, 0.2) is 0 Å². The molecule has 4 atom stereocenters. The highest BCUT2D eigenvalue weighted by Gasteiger charge is 2.31. The Morgan fingerprint density at radius 1 is 1.35 bits per heavy atom. The van der Waals surface area contributed by atoms with E-state index in [2.05, 4.69) is 27.3 Å². The number of anilines is 1. The third-order valence-electron chi connectivity index (χ3n) is 5.81. The maximum Gasteiger partial charge on any atom is 0.218 e. The molecule has 0 unspecified atom stereocenters. The molecule has 161 valence electrons. The van der Waals surface area contributed by atoms with Gasteiger partial charge < -0.3 is 10.4 Å². The van der Waals surface area contributed by atoms with E-state index in [0.29, 0.717) is 34.9 Å². The Balaban J connectivity index is 1.59. The molecule has 1 aliphatic carbocycles. The van der Waals surface area contributed by atoms with E-state index in [0.717, 1.165) is 11.3 Å². The molecule has 8 heteroatoms. The van der Waals surface area contributed by atoms with Crippen molar-refractivity contribution < 1.29 is 9.90 Å². The minimum atomic E-state index is -0.454. The van der Waals surface area contributed by atoms with Crippen molar-refractivity contribution in [2.75, 3.05) is 5.32 Å². The van der Waals surface area contributed by atoms with Gasteiger partial charge in [-0.05, 0) is 63.3 Å². The van der Waals surface area contributed by atoms with Crippen molar-refractivity contribution in [2.24, 2.45) is 5.92 Å². The topological polar surface area (TPSA) is 92.9 Å². The molecule has 0 amide bonds. The average Bonchev–Trinajstić information content (AvgIpc) is 3.29. The largest absolute Gasteiger partial charge is 0.393 e. The van der Waals surface area contributed by atoms with Crippen LogP contribution in [0.3, 0.4) is 0 Å². The van der Waals surface area contributed by atoms with Crippen LogP contribution in [-0.2, 0) is 0 Å². The number of hydrogen-bond acceptors (Lipinski definition) is 6. The lowest BCUT2D eigenvalue weighted by molar-refractivity contribution is 0.103. The average molecular weight is 439 g/mol. The molecule has 7 nitrogen and oxygen atoms in total. The molecule has 2 heterocycles. The summed E-state index contributed by atoms with van der Waals surface area (Å²) in [7, 11) is 0. The number of aliphatic hydroxyl groups excluding tert-OH is 1. The molecule has 2 N–H and O–H groups in total. The predicted octanol–water partition coefficient (Wildman–Crippen LogP) is 3.86. The standard InChI is InChI=1S/C23H25ClN5O2/c1-13-7-18(10-21(13)30)27-23-19(11-25-12-26-23)22(31)20-8-14(2)29(28-20)15(3)16-5-4-6-17(24)9-16/h4-6,8-9,11-13,15,18,21,30H,1,7,10H2,2-3H3,(H,25,26,27)/t13-,15-,18-,21+/m1/s1. The summed E-state index contributed by atoms with van der Waals surface area (Å²) in [6, 6.07) is 9.29. The number of halogens is 1. The van der Waals surface area contributed by atoms with Crippen molar-refractivity contribution in [3.05, 3.63) is 77.3 Å². The lowest BCUT2D eigenvalue weighted by atomic mass is 10.1. The van der Waals surface area contributed by atoms with E-state index in [1.165, 1.54) is 12.5 Å². The molecule has 3 aromatic rings. The number of hydrogen-bond donors (Lipinski definition) is 2. The quantitative estimate of drug-likeness (QED) is 0.567. The third kappa shape index (κ3) is 4.48. The van der Waals surface area contributed by atoms with E-state index in [9.17, 15) is 9.90 Å². The van der Waals surface area contributed by atoms with Crippen LogP contribution in [-0.4, -0.2) is 42.8 Å². The highest BCUT2D eigenvalue weighted by atomic mass is 35.5. The maximum absolute atomic E-state index is 13.3. The molecule has 0 spiro atoms. The van der Waals surface area contributed by atoms with E-state index >= 15 is 0 Å². The van der Waals surface area contributed by atoms with Crippen molar-refractivity contribution >= 4 is 23.2 Å². The fourth-order valence-electron chi connectivity index (χ4n) is 4.06. The second-order valence-electron chi connectivity index (χ2n) is 8.10. The van der Waals surface area contributed by atoms with Gasteiger partial charge in [0.05, 0.1) is 17.7 Å². The number of carbonyl (C=O) groups excluding carboxylic acids is 1. The summed E-state index contributed by atoms with van der Waals surface area (Å²) in [4.78, 5) is 21.6. The molecule has 1 fully saturated rings. The molecule has 1 aliphatic rings. The predicted molar refractivity (Wildman–Crippen MR) is 119 cm³/mol. The van der Waals surface area contributed by atoms with Gasteiger partial charge in [-0.1, -0.05) is 23.7 Å². The lowest BCUT2D eigenvalue weighted by Crippen LogP contribution is -2.20. The Hall–Kier alpha value is -2.77. The second kappa shape index (κ2) is 8.77. The summed E-state index contributed by atoms with van der Waals surface area (Å²) < 4.78 is 1.82. The number of rotatable bonds is 6. The van der Waals surface area contributed by atoms with Crippen LogP contribution in [0.2, 0.25) is 5.02 Å². The third-order valence-corrected chi connectivity index (χ3v) is 6.04. The van der Waals surface area contributed by atoms with Gasteiger partial charge in [0, 0.05) is 23.0 Å². The molecule has 4 rings (SSSR count). The highest BCUT2D eigenvalue weighted by molar-refractivity contribution is 6.30. The first-order valence-electron chi connectivity index (χ1n) is 10.3. The van der Waals surface area contributed by atoms with E-state index < -0.39 is 6.10 Å². The van der Waals surface area contributed by atoms with Gasteiger partial charge in [-0.25, -0.2) is 9.97 Å². The summed E-state index contributed by atoms with van der Waals surface area (Å²) in [5.41, 5.74) is 2.54. The first kappa shape index (κ1) is 21.5. The smallest absolute Gasteiger partial charge is 0.218 e. The maximum atomic E-state index is 13.3. The zero-order valence-electron chi connectivity index (χ0n) is 17.5. The molecule has 0 aliphatic heterocycles. The van der Waals surface area contributed by atoms with E-state index in [1.807, 2.05) is 42.8 Å². The van der Waals surface area contributed by atoms with Crippen LogP contribution in [0.1, 0.15) is 53.1 Å². The van der Waals surface area contributed by atoms with Crippen LogP contribution in [0.4, 0.5) is 5.82 Å². The fraction of sp³-hybridized carbons (Fsp3) is 0.348. The summed E-state index contributed by atoms with van der Waals surface area (Å²) in [6.45, 7) is 7.89. The van der Waals surface area contributed by atoms with Gasteiger partial charge in [-0.15, -0.1) is 0 Å². The monoisotopic (exact) mass is 438 g/mol. The molecular formula is C23H25ClN5O2. The lowest BCUT2D eigenvalue weighted by Gasteiger charge is -2.15. The normalized spacial score (nSPS) is 21.8. The number of benzene rings is 1. The summed E-state index contributed by atoms with van der Waals surface area (Å²) >= 11 is 6.13. The number of ketones is 1. The van der Waals surface area contributed by atoms with Gasteiger partial charge in [-0.3, -0.25) is 9.48 Å². The zero-order valence-corrected chi connectivity index (χ0v) is 18.3. The van der Waals surface area contributed by atoms with Crippen LogP contribution in [0, 0.1) is 19.8 Å². The molecule has 1 aromatic carbocycles. The van der Waals surface area contributed by atoms with E-state index in [4.69, 9.17) is 11.6 Å². The first-order chi connectivity index (χ1) is 14.8. The van der Waals surface area contributed by atoms with E-state index in [-0.39, 0.29) is 23.8 Å². The van der Waals surface area contributed by atoms with Gasteiger partial charge in [0.1, 0.15) is 17.8 Å². The Morgan fingerprint density at radius 3 is 2.87 bits per heavy atom. The fourth-order valence-corrected chi connectivity index (χ4v) is 4.26. The van der Waals surface area contributed by atoms with Gasteiger partial charge >= 0.3 is 0 Å². The molecule has 2 aromatic heterocycles. The molecule has 0 bridgehead atoms. The number of aliphatic hydroxyl groups is 1. The Bertz CT molecular complexity index is 1090. The summed E-state index contributed by atoms with van der Waals surface area (Å²) in [5.74, 6) is 0.152. The zero-order chi connectivity index (χ0) is 22.1. The first-order valence-corrected chi connectivity index (χ1v) is 10.6. The summed E-state index contributed by atoms with van der Waals surface area (Å²) in [6.07, 6.45) is 3.72. The summed E-state index contributed by atoms with van der Waals surface area (Å²) in [5, 5.41) is 18.5. The van der Waals surface area contributed by atoms with Crippen LogP contribution < -0.4 is 5.32 Å². The van der Waals surface area contributed by atoms with Gasteiger partial charge in [-0.2, -0.15) is 5.10 Å². The number of aromatic nitrogens is 4. The Morgan fingerprint density at radius 2 is 2.16 bits per heavy atom. The van der Waals surface area contributed by atoms with Gasteiger partial charge in [0.25, 0.3) is 0 Å². The van der Waals surface area contributed by atoms with E-state index in [1.54, 1.807) is 6.07 Å². The van der Waals surface area contributed by atoms with Crippen molar-refractivity contribution in [1.29, 1.82) is 0 Å². The molecule has 1 radical (unpaired) electrons. The minimum Gasteiger partial charge on any atom is -0.393 e. The Labute approximate surface area is 186 Å². The van der Waals surface area contributed by atoms with Crippen molar-refractivity contribution in [2.45, 2.75) is 44.9 Å². The molecule has 1 saturated carbocycles. The number of aryl methyl sites for hydroxylation is 1. The SMILES string of the molecule is [CH2][C@@H]1C[C@@H](Nc2ncncc2C(=O)c2cc(C)n([C@H](C)c3cccc(Cl)c3)n2)C[C@@H]1O. The minimum absolute atomic E-state index is 0.00101. The molecule has 31 heavy (non-hydrogen) atoms. The highest BCUT2D eigenvalue weighted by Crippen LogP contribution is 2.29. The molecular weight excluding hydrogens is 414 g/mol. The second-order valence-corrected chi connectivity index (χ2v) is 8.54. The van der Waals surface area contributed by atoms with Crippen LogP contribution in [0.25, 0.3) is 0 Å². The van der Waals surface area contributed by atoms with Crippen LogP contribution in [0.5, 0.6) is 0 Å². The van der Waals surface area contributed by atoms with Crippen LogP contribution >= 0.6 is 11.6 Å². The van der Waals surface area contributed by atoms with Crippen molar-refractivity contribution in [1.82, 2.24) is 19.7 Å². The Kier molecular flexibility index (Phi) is 6.07. The number of carbonyl (C=O) groups is 1. The van der Waals surface area contributed by atoms with Crippen molar-refractivity contribution in [3.63, 3.8) is 0 Å². The number of nitrogens with one attached hydrogen (secondary N) is 1. The van der Waals surface area contributed by atoms with Crippen molar-refractivity contribution in [3.8, 4) is 0 Å². The molecule has 0 saturated heterocycles. The number of nitrogens with zero attached hydrogens (tertiary/aromatic N) is 4. The van der Waals surface area contributed by atoms with Crippen LogP contribution in [0.15, 0.2) is 42.9 Å². The van der Waals surface area contributed by atoms with Gasteiger partial charge in [0.2, 0.25) is 5.78 Å².